The van der Waals surface area contributed by atoms with E-state index < -0.39 is 0 Å². The van der Waals surface area contributed by atoms with Gasteiger partial charge in [0.15, 0.2) is 0 Å². The monoisotopic (exact) mass is 521 g/mol. The summed E-state index contributed by atoms with van der Waals surface area (Å²) in [5, 5.41) is 18.2. The Morgan fingerprint density at radius 3 is 2.63 bits per heavy atom. The maximum atomic E-state index is 13.0. The number of aliphatic hydroxyl groups is 1. The van der Waals surface area contributed by atoms with Gasteiger partial charge in [-0.05, 0) is 50.2 Å². The van der Waals surface area contributed by atoms with Crippen LogP contribution in [0.1, 0.15) is 37.9 Å². The zero-order chi connectivity index (χ0) is 26.9. The lowest BCUT2D eigenvalue weighted by Crippen LogP contribution is -2.47. The number of amides is 1. The predicted molar refractivity (Wildman–Crippen MR) is 145 cm³/mol. The molecule has 204 valence electrons. The van der Waals surface area contributed by atoms with Gasteiger partial charge in [-0.25, -0.2) is 0 Å². The minimum Gasteiger partial charge on any atom is -0.457 e. The molecule has 1 amide bonds. The topological polar surface area (TPSA) is 93.0 Å². The fraction of sp³-hybridized carbons (Fsp3) is 0.483. The Bertz CT molecular complexity index is 1140. The number of carbonyl (C=O) groups excluding carboxylic acids is 1. The van der Waals surface area contributed by atoms with Crippen LogP contribution in [0.25, 0.3) is 0 Å². The van der Waals surface area contributed by atoms with Crippen LogP contribution < -0.4 is 4.74 Å². The molecule has 1 aliphatic heterocycles. The molecule has 2 bridgehead atoms. The van der Waals surface area contributed by atoms with Crippen molar-refractivity contribution >= 4 is 5.91 Å². The molecule has 0 radical (unpaired) electrons. The molecular formula is C29H39N5O4. The zero-order valence-corrected chi connectivity index (χ0v) is 22.6. The summed E-state index contributed by atoms with van der Waals surface area (Å²) in [6.45, 7) is 6.84. The third-order valence-corrected chi connectivity index (χ3v) is 6.89. The van der Waals surface area contributed by atoms with Crippen LogP contribution in [0.15, 0.2) is 60.8 Å². The van der Waals surface area contributed by atoms with Gasteiger partial charge >= 0.3 is 0 Å². The van der Waals surface area contributed by atoms with Crippen molar-refractivity contribution < 1.29 is 19.4 Å². The van der Waals surface area contributed by atoms with Crippen LogP contribution in [0.5, 0.6) is 11.5 Å². The maximum Gasteiger partial charge on any atom is 0.222 e. The molecule has 1 aromatic heterocycles. The van der Waals surface area contributed by atoms with Crippen molar-refractivity contribution in [3.8, 4) is 11.5 Å². The van der Waals surface area contributed by atoms with E-state index >= 15 is 0 Å². The molecule has 1 aliphatic rings. The molecule has 9 nitrogen and oxygen atoms in total. The van der Waals surface area contributed by atoms with Gasteiger partial charge in [-0.2, -0.15) is 0 Å². The molecule has 0 unspecified atom stereocenters. The quantitative estimate of drug-likeness (QED) is 0.483. The van der Waals surface area contributed by atoms with Crippen molar-refractivity contribution in [1.29, 1.82) is 0 Å². The van der Waals surface area contributed by atoms with Gasteiger partial charge < -0.3 is 19.5 Å². The Hall–Kier alpha value is -3.27. The van der Waals surface area contributed by atoms with Crippen molar-refractivity contribution in [2.24, 2.45) is 5.92 Å². The van der Waals surface area contributed by atoms with Gasteiger partial charge in [-0.1, -0.05) is 42.5 Å². The van der Waals surface area contributed by atoms with Crippen LogP contribution in [0.4, 0.5) is 0 Å². The first-order valence-corrected chi connectivity index (χ1v) is 13.3. The summed E-state index contributed by atoms with van der Waals surface area (Å²) in [6.07, 6.45) is 2.82. The van der Waals surface area contributed by atoms with E-state index in [0.717, 1.165) is 23.7 Å². The number of carbonyl (C=O) groups is 1. The number of aromatic nitrogens is 3. The van der Waals surface area contributed by atoms with Crippen molar-refractivity contribution in [3.05, 3.63) is 72.1 Å². The van der Waals surface area contributed by atoms with Crippen LogP contribution in [0.3, 0.4) is 0 Å². The van der Waals surface area contributed by atoms with Crippen LogP contribution in [0, 0.1) is 5.92 Å². The highest BCUT2D eigenvalue weighted by molar-refractivity contribution is 5.76. The number of aliphatic hydroxyl groups excluding tert-OH is 1. The van der Waals surface area contributed by atoms with Crippen molar-refractivity contribution in [2.45, 2.75) is 58.5 Å². The lowest BCUT2D eigenvalue weighted by atomic mass is 10.0. The molecule has 2 aromatic carbocycles. The summed E-state index contributed by atoms with van der Waals surface area (Å²) in [4.78, 5) is 17.1. The molecule has 0 spiro atoms. The van der Waals surface area contributed by atoms with Crippen molar-refractivity contribution in [1.82, 2.24) is 24.8 Å². The van der Waals surface area contributed by atoms with Crippen LogP contribution in [-0.2, 0) is 29.2 Å². The summed E-state index contributed by atoms with van der Waals surface area (Å²) in [7, 11) is 2.07. The van der Waals surface area contributed by atoms with E-state index in [1.165, 1.54) is 5.56 Å². The molecule has 38 heavy (non-hydrogen) atoms. The lowest BCUT2D eigenvalue weighted by Gasteiger charge is -2.35. The molecule has 0 saturated carbocycles. The molecule has 0 aliphatic carbocycles. The van der Waals surface area contributed by atoms with Gasteiger partial charge in [0.2, 0.25) is 5.91 Å². The average molecular weight is 522 g/mol. The Balaban J connectivity index is 1.42. The minimum atomic E-state index is -0.248. The fourth-order valence-electron chi connectivity index (χ4n) is 4.66. The van der Waals surface area contributed by atoms with Gasteiger partial charge in [-0.3, -0.25) is 14.4 Å². The highest BCUT2D eigenvalue weighted by Gasteiger charge is 2.28. The molecule has 0 fully saturated rings. The van der Waals surface area contributed by atoms with Gasteiger partial charge in [0.25, 0.3) is 0 Å². The maximum absolute atomic E-state index is 13.0. The Labute approximate surface area is 225 Å². The van der Waals surface area contributed by atoms with Gasteiger partial charge in [0.1, 0.15) is 17.2 Å². The molecule has 1 N–H and O–H groups in total. The second-order valence-corrected chi connectivity index (χ2v) is 10.2. The van der Waals surface area contributed by atoms with Crippen LogP contribution >= 0.6 is 0 Å². The third kappa shape index (κ3) is 7.86. The molecule has 2 heterocycles. The number of hydrogen-bond donors (Lipinski definition) is 1. The van der Waals surface area contributed by atoms with E-state index in [1.54, 1.807) is 9.58 Å². The normalized spacial score (nSPS) is 19.9. The van der Waals surface area contributed by atoms with Gasteiger partial charge in [-0.15, -0.1) is 5.10 Å². The lowest BCUT2D eigenvalue weighted by molar-refractivity contribution is -0.136. The highest BCUT2D eigenvalue weighted by Crippen LogP contribution is 2.22. The number of benzene rings is 2. The van der Waals surface area contributed by atoms with E-state index in [9.17, 15) is 9.90 Å². The smallest absolute Gasteiger partial charge is 0.222 e. The Morgan fingerprint density at radius 2 is 1.89 bits per heavy atom. The molecule has 3 aromatic rings. The SMILES string of the molecule is C[C@@H]1CN([C@@H](C)CO)C(=O)CCCn2cc(nn2)CO[C@@H]1CN(C)Cc1ccc(Oc2ccccc2)cc1. The van der Waals surface area contributed by atoms with E-state index in [1.807, 2.05) is 55.6 Å². The molecule has 0 saturated heterocycles. The van der Waals surface area contributed by atoms with E-state index in [4.69, 9.17) is 9.47 Å². The molecule has 4 rings (SSSR count). The largest absolute Gasteiger partial charge is 0.457 e. The Kier molecular flexibility index (Phi) is 9.86. The number of hydrogen-bond acceptors (Lipinski definition) is 7. The van der Waals surface area contributed by atoms with E-state index in [0.29, 0.717) is 39.1 Å². The summed E-state index contributed by atoms with van der Waals surface area (Å²) in [6, 6.07) is 17.6. The number of fused-ring (bicyclic) bond motifs is 2. The zero-order valence-electron chi connectivity index (χ0n) is 22.6. The predicted octanol–water partition coefficient (Wildman–Crippen LogP) is 3.73. The first-order valence-electron chi connectivity index (χ1n) is 13.3. The molecule has 3 atom stereocenters. The summed E-state index contributed by atoms with van der Waals surface area (Å²) in [5.74, 6) is 1.70. The highest BCUT2D eigenvalue weighted by atomic mass is 16.5. The number of para-hydroxylation sites is 1. The third-order valence-electron chi connectivity index (χ3n) is 6.89. The van der Waals surface area contributed by atoms with Crippen molar-refractivity contribution in [2.75, 3.05) is 26.7 Å². The van der Waals surface area contributed by atoms with Gasteiger partial charge in [0, 0.05) is 38.5 Å². The first kappa shape index (κ1) is 27.8. The number of rotatable bonds is 8. The van der Waals surface area contributed by atoms with E-state index in [2.05, 4.69) is 41.3 Å². The van der Waals surface area contributed by atoms with Crippen LogP contribution in [0.2, 0.25) is 0 Å². The van der Waals surface area contributed by atoms with E-state index in [-0.39, 0.29) is 30.6 Å². The Morgan fingerprint density at radius 1 is 1.16 bits per heavy atom. The second-order valence-electron chi connectivity index (χ2n) is 10.2. The van der Waals surface area contributed by atoms with Crippen LogP contribution in [-0.4, -0.2) is 74.7 Å². The molecular weight excluding hydrogens is 482 g/mol. The number of likely N-dealkylation sites (N-methyl/N-ethyl adjacent to an activating group) is 1. The van der Waals surface area contributed by atoms with Crippen molar-refractivity contribution in [3.63, 3.8) is 0 Å². The first-order chi connectivity index (χ1) is 18.4. The number of aryl methyl sites for hydroxylation is 1. The van der Waals surface area contributed by atoms with Gasteiger partial charge in [0.05, 0.1) is 31.6 Å². The summed E-state index contributed by atoms with van der Waals surface area (Å²) in [5.41, 5.74) is 1.95. The summed E-state index contributed by atoms with van der Waals surface area (Å²) < 4.78 is 14.1. The average Bonchev–Trinajstić information content (AvgIpc) is 3.38. The number of nitrogens with zero attached hydrogens (tertiary/aromatic N) is 5. The number of ether oxygens (including phenoxy) is 2. The standard InChI is InChI=1S/C29H39N5O4/c1-22-16-34(23(2)20-35)29(36)10-7-15-33-18-25(30-31-33)21-37-28(22)19-32(3)17-24-11-13-27(14-12-24)38-26-8-5-4-6-9-26/h4-6,8-9,11-14,18,22-23,28,35H,7,10,15-17,19-21H2,1-3H3/t22-,23+,28-/m1/s1. The second kappa shape index (κ2) is 13.5. The fourth-order valence-corrected chi connectivity index (χ4v) is 4.66. The minimum absolute atomic E-state index is 0.0444. The molecule has 9 heteroatoms. The summed E-state index contributed by atoms with van der Waals surface area (Å²) >= 11 is 0.